The van der Waals surface area contributed by atoms with Crippen LogP contribution in [-0.2, 0) is 27.2 Å². The van der Waals surface area contributed by atoms with Gasteiger partial charge in [0, 0.05) is 0 Å². The maximum atomic E-state index is 12.5. The van der Waals surface area contributed by atoms with Crippen molar-refractivity contribution in [2.45, 2.75) is 18.9 Å². The Kier molecular flexibility index (Phi) is 7.61. The number of ether oxygens (including phenoxy) is 2. The molecule has 0 fully saturated rings. The van der Waals surface area contributed by atoms with Gasteiger partial charge >= 0.3 is 5.97 Å². The number of rotatable bonds is 9. The van der Waals surface area contributed by atoms with E-state index in [0.29, 0.717) is 6.42 Å². The van der Waals surface area contributed by atoms with Gasteiger partial charge in [0.2, 0.25) is 0 Å². The zero-order valence-electron chi connectivity index (χ0n) is 16.9. The molecule has 0 heterocycles. The van der Waals surface area contributed by atoms with Crippen LogP contribution in [0.4, 0.5) is 0 Å². The number of carbonyl (C=O) groups is 2. The van der Waals surface area contributed by atoms with Gasteiger partial charge < -0.3 is 14.8 Å². The van der Waals surface area contributed by atoms with E-state index in [1.807, 2.05) is 60.7 Å². The van der Waals surface area contributed by atoms with Gasteiger partial charge in [0.25, 0.3) is 5.91 Å². The lowest BCUT2D eigenvalue weighted by Gasteiger charge is -2.19. The van der Waals surface area contributed by atoms with Gasteiger partial charge in [-0.2, -0.15) is 0 Å². The van der Waals surface area contributed by atoms with Crippen molar-refractivity contribution in [3.05, 3.63) is 102 Å². The fraction of sp³-hybridized carbons (Fsp3) is 0.200. The lowest BCUT2D eigenvalue weighted by atomic mass is 9.99. The predicted octanol–water partition coefficient (Wildman–Crippen LogP) is 3.88. The summed E-state index contributed by atoms with van der Waals surface area (Å²) in [6.45, 7) is -0.312. The van der Waals surface area contributed by atoms with Crippen LogP contribution < -0.4 is 10.1 Å². The molecule has 5 heteroatoms. The van der Waals surface area contributed by atoms with E-state index in [2.05, 4.69) is 5.32 Å². The summed E-state index contributed by atoms with van der Waals surface area (Å²) in [6.07, 6.45) is 0.750. The van der Waals surface area contributed by atoms with E-state index in [9.17, 15) is 9.59 Å². The zero-order chi connectivity index (χ0) is 21.2. The molecule has 0 saturated heterocycles. The largest absolute Gasteiger partial charge is 0.497 e. The number of nitrogens with one attached hydrogen (secondary N) is 1. The number of amides is 1. The Labute approximate surface area is 176 Å². The fourth-order valence-corrected chi connectivity index (χ4v) is 3.13. The van der Waals surface area contributed by atoms with Crippen LogP contribution in [0.5, 0.6) is 5.75 Å². The number of hydrogen-bond donors (Lipinski definition) is 1. The monoisotopic (exact) mass is 403 g/mol. The summed E-state index contributed by atoms with van der Waals surface area (Å²) in [5.74, 6) is -0.0608. The normalized spacial score (nSPS) is 11.4. The highest BCUT2D eigenvalue weighted by atomic mass is 16.5. The summed E-state index contributed by atoms with van der Waals surface area (Å²) in [5, 5.41) is 2.98. The van der Waals surface area contributed by atoms with Crippen molar-refractivity contribution in [1.82, 2.24) is 5.32 Å². The Morgan fingerprint density at radius 1 is 0.833 bits per heavy atom. The molecule has 0 aromatic heterocycles. The molecule has 3 aromatic rings. The first-order valence-electron chi connectivity index (χ1n) is 9.81. The second kappa shape index (κ2) is 10.8. The molecule has 0 radical (unpaired) electrons. The molecule has 1 N–H and O–H groups in total. The van der Waals surface area contributed by atoms with Crippen molar-refractivity contribution in [2.75, 3.05) is 13.7 Å². The van der Waals surface area contributed by atoms with Gasteiger partial charge in [-0.1, -0.05) is 72.8 Å². The molecular weight excluding hydrogens is 378 g/mol. The third-order valence-electron chi connectivity index (χ3n) is 4.69. The van der Waals surface area contributed by atoms with Crippen LogP contribution >= 0.6 is 0 Å². The molecule has 154 valence electrons. The minimum absolute atomic E-state index is 0.101. The smallest absolute Gasteiger partial charge is 0.310 e. The Balaban J connectivity index is 1.55. The first-order chi connectivity index (χ1) is 14.6. The van der Waals surface area contributed by atoms with Gasteiger partial charge in [-0.3, -0.25) is 9.59 Å². The van der Waals surface area contributed by atoms with Crippen molar-refractivity contribution in [3.63, 3.8) is 0 Å². The molecule has 0 aliphatic rings. The summed E-state index contributed by atoms with van der Waals surface area (Å²) in [5.41, 5.74) is 2.91. The SMILES string of the molecule is COc1ccc(CC(=O)OCC(=O)N[C@H](Cc2ccccc2)c2ccccc2)cc1. The van der Waals surface area contributed by atoms with Crippen LogP contribution in [0.25, 0.3) is 0 Å². The topological polar surface area (TPSA) is 64.6 Å². The van der Waals surface area contributed by atoms with E-state index in [0.717, 1.165) is 22.4 Å². The zero-order valence-corrected chi connectivity index (χ0v) is 16.9. The molecule has 3 aromatic carbocycles. The number of hydrogen-bond acceptors (Lipinski definition) is 4. The van der Waals surface area contributed by atoms with Gasteiger partial charge in [0.1, 0.15) is 5.75 Å². The maximum absolute atomic E-state index is 12.5. The molecule has 0 unspecified atom stereocenters. The molecule has 1 atom stereocenters. The Morgan fingerprint density at radius 3 is 2.10 bits per heavy atom. The number of carbonyl (C=O) groups excluding carboxylic acids is 2. The minimum Gasteiger partial charge on any atom is -0.497 e. The highest BCUT2D eigenvalue weighted by molar-refractivity contribution is 5.81. The average Bonchev–Trinajstić information content (AvgIpc) is 2.79. The summed E-state index contributed by atoms with van der Waals surface area (Å²) in [7, 11) is 1.59. The highest BCUT2D eigenvalue weighted by Crippen LogP contribution is 2.18. The van der Waals surface area contributed by atoms with Crippen LogP contribution in [0.3, 0.4) is 0 Å². The molecule has 3 rings (SSSR count). The molecule has 1 amide bonds. The number of methoxy groups -OCH3 is 1. The van der Waals surface area contributed by atoms with Crippen molar-refractivity contribution in [2.24, 2.45) is 0 Å². The molecule has 0 spiro atoms. The van der Waals surface area contributed by atoms with Crippen LogP contribution in [0.1, 0.15) is 22.7 Å². The first-order valence-corrected chi connectivity index (χ1v) is 9.81. The van der Waals surface area contributed by atoms with Crippen LogP contribution in [0.15, 0.2) is 84.9 Å². The van der Waals surface area contributed by atoms with E-state index in [4.69, 9.17) is 9.47 Å². The molecule has 0 aliphatic carbocycles. The second-order valence-corrected chi connectivity index (χ2v) is 6.91. The molecule has 30 heavy (non-hydrogen) atoms. The number of esters is 1. The van der Waals surface area contributed by atoms with Crippen molar-refractivity contribution < 1.29 is 19.1 Å². The van der Waals surface area contributed by atoms with Crippen LogP contribution in [-0.4, -0.2) is 25.6 Å². The highest BCUT2D eigenvalue weighted by Gasteiger charge is 2.16. The number of benzene rings is 3. The summed E-state index contributed by atoms with van der Waals surface area (Å²) >= 11 is 0. The van der Waals surface area contributed by atoms with Crippen LogP contribution in [0.2, 0.25) is 0 Å². The lowest BCUT2D eigenvalue weighted by molar-refractivity contribution is -0.148. The third kappa shape index (κ3) is 6.48. The summed E-state index contributed by atoms with van der Waals surface area (Å²) < 4.78 is 10.3. The Morgan fingerprint density at radius 2 is 1.47 bits per heavy atom. The van der Waals surface area contributed by atoms with E-state index in [-0.39, 0.29) is 25.0 Å². The van der Waals surface area contributed by atoms with E-state index >= 15 is 0 Å². The maximum Gasteiger partial charge on any atom is 0.310 e. The minimum atomic E-state index is -0.449. The first kappa shape index (κ1) is 21.1. The average molecular weight is 403 g/mol. The van der Waals surface area contributed by atoms with Gasteiger partial charge in [0.05, 0.1) is 19.6 Å². The third-order valence-corrected chi connectivity index (χ3v) is 4.69. The Hall–Kier alpha value is -3.60. The summed E-state index contributed by atoms with van der Waals surface area (Å²) in [6, 6.07) is 26.7. The quantitative estimate of drug-likeness (QED) is 0.551. The van der Waals surface area contributed by atoms with E-state index < -0.39 is 5.97 Å². The van der Waals surface area contributed by atoms with Crippen LogP contribution in [0, 0.1) is 0 Å². The molecule has 0 bridgehead atoms. The van der Waals surface area contributed by atoms with Gasteiger partial charge in [-0.05, 0) is 35.2 Å². The Bertz CT molecular complexity index is 940. The standard InChI is InChI=1S/C25H25NO4/c1-29-22-14-12-20(13-15-22)17-25(28)30-18-24(27)26-23(21-10-6-3-7-11-21)16-19-8-4-2-5-9-19/h2-15,23H,16-18H2,1H3,(H,26,27)/t23-/m1/s1. The fourth-order valence-electron chi connectivity index (χ4n) is 3.13. The van der Waals surface area contributed by atoms with Crippen molar-refractivity contribution >= 4 is 11.9 Å². The second-order valence-electron chi connectivity index (χ2n) is 6.91. The lowest BCUT2D eigenvalue weighted by Crippen LogP contribution is -2.33. The van der Waals surface area contributed by atoms with E-state index in [1.165, 1.54) is 0 Å². The van der Waals surface area contributed by atoms with Crippen molar-refractivity contribution in [1.29, 1.82) is 0 Å². The van der Waals surface area contributed by atoms with E-state index in [1.54, 1.807) is 31.4 Å². The van der Waals surface area contributed by atoms with Crippen molar-refractivity contribution in [3.8, 4) is 5.75 Å². The van der Waals surface area contributed by atoms with Gasteiger partial charge in [0.15, 0.2) is 6.61 Å². The van der Waals surface area contributed by atoms with Gasteiger partial charge in [-0.15, -0.1) is 0 Å². The van der Waals surface area contributed by atoms with Gasteiger partial charge in [-0.25, -0.2) is 0 Å². The molecule has 0 aliphatic heterocycles. The molecule has 0 saturated carbocycles. The molecule has 5 nitrogen and oxygen atoms in total. The summed E-state index contributed by atoms with van der Waals surface area (Å²) in [4.78, 5) is 24.5. The molecular formula is C25H25NO4. The predicted molar refractivity (Wildman–Crippen MR) is 115 cm³/mol.